The zero-order valence-electron chi connectivity index (χ0n) is 15.0. The molecule has 0 saturated heterocycles. The molecule has 0 spiro atoms. The van der Waals surface area contributed by atoms with Crippen LogP contribution in [0, 0.1) is 5.41 Å². The zero-order chi connectivity index (χ0) is 18.4. The van der Waals surface area contributed by atoms with Crippen LogP contribution in [0.5, 0.6) is 0 Å². The molecule has 134 valence electrons. The number of aliphatic hydroxyl groups excluding tert-OH is 1. The molecule has 1 atom stereocenters. The van der Waals surface area contributed by atoms with Crippen molar-refractivity contribution >= 4 is 12.1 Å². The number of benzene rings is 1. The molecule has 1 aromatic carbocycles. The standard InChI is InChI=1S/C18H27NO5/c1-17(2,3)24-16(22)19-14(18(4,5)12-20)15(21)23-11-13-9-7-6-8-10-13/h6-10,14,20H,11-12H2,1-5H3,(H,19,22). The van der Waals surface area contributed by atoms with E-state index in [-0.39, 0.29) is 13.2 Å². The van der Waals surface area contributed by atoms with E-state index in [9.17, 15) is 14.7 Å². The van der Waals surface area contributed by atoms with Crippen LogP contribution in [0.2, 0.25) is 0 Å². The molecule has 6 heteroatoms. The summed E-state index contributed by atoms with van der Waals surface area (Å²) in [6.45, 7) is 8.31. The van der Waals surface area contributed by atoms with Crippen molar-refractivity contribution in [3.8, 4) is 0 Å². The molecular weight excluding hydrogens is 310 g/mol. The number of ether oxygens (including phenoxy) is 2. The van der Waals surface area contributed by atoms with Gasteiger partial charge in [0.05, 0.1) is 6.61 Å². The molecule has 0 aliphatic carbocycles. The summed E-state index contributed by atoms with van der Waals surface area (Å²) < 4.78 is 10.5. The van der Waals surface area contributed by atoms with Crippen LogP contribution < -0.4 is 5.32 Å². The number of hydrogen-bond acceptors (Lipinski definition) is 5. The third kappa shape index (κ3) is 6.58. The topological polar surface area (TPSA) is 84.9 Å². The lowest BCUT2D eigenvalue weighted by Crippen LogP contribution is -2.53. The highest BCUT2D eigenvalue weighted by atomic mass is 16.6. The van der Waals surface area contributed by atoms with Crippen LogP contribution in [0.3, 0.4) is 0 Å². The lowest BCUT2D eigenvalue weighted by Gasteiger charge is -2.32. The van der Waals surface area contributed by atoms with Gasteiger partial charge < -0.3 is 19.9 Å². The lowest BCUT2D eigenvalue weighted by molar-refractivity contribution is -0.151. The number of nitrogens with one attached hydrogen (secondary N) is 1. The molecule has 1 unspecified atom stereocenters. The van der Waals surface area contributed by atoms with Crippen molar-refractivity contribution in [1.29, 1.82) is 0 Å². The minimum Gasteiger partial charge on any atom is -0.459 e. The molecular formula is C18H27NO5. The molecule has 1 amide bonds. The van der Waals surface area contributed by atoms with Crippen LogP contribution in [-0.4, -0.2) is 35.4 Å². The summed E-state index contributed by atoms with van der Waals surface area (Å²) in [6, 6.07) is 8.20. The summed E-state index contributed by atoms with van der Waals surface area (Å²) in [5.41, 5.74) is -0.750. The fraction of sp³-hybridized carbons (Fsp3) is 0.556. The van der Waals surface area contributed by atoms with Gasteiger partial charge in [0.25, 0.3) is 0 Å². The number of rotatable bonds is 6. The van der Waals surface area contributed by atoms with Crippen LogP contribution >= 0.6 is 0 Å². The van der Waals surface area contributed by atoms with E-state index in [1.165, 1.54) is 0 Å². The summed E-state index contributed by atoms with van der Waals surface area (Å²) in [4.78, 5) is 24.4. The highest BCUT2D eigenvalue weighted by Gasteiger charge is 2.38. The number of hydrogen-bond donors (Lipinski definition) is 2. The number of alkyl carbamates (subject to hydrolysis) is 1. The van der Waals surface area contributed by atoms with Gasteiger partial charge in [-0.15, -0.1) is 0 Å². The Hall–Kier alpha value is -2.08. The molecule has 0 fully saturated rings. The molecule has 1 rings (SSSR count). The van der Waals surface area contributed by atoms with Crippen LogP contribution in [0.25, 0.3) is 0 Å². The predicted octanol–water partition coefficient (Wildman–Crippen LogP) is 2.64. The van der Waals surface area contributed by atoms with Gasteiger partial charge in [0.2, 0.25) is 0 Å². The molecule has 24 heavy (non-hydrogen) atoms. The van der Waals surface area contributed by atoms with Crippen molar-refractivity contribution in [2.24, 2.45) is 5.41 Å². The average molecular weight is 337 g/mol. The van der Waals surface area contributed by atoms with E-state index in [4.69, 9.17) is 9.47 Å². The fourth-order valence-corrected chi connectivity index (χ4v) is 1.90. The number of amides is 1. The molecule has 0 aliphatic heterocycles. The van der Waals surface area contributed by atoms with Crippen molar-refractivity contribution in [2.45, 2.75) is 52.9 Å². The Morgan fingerprint density at radius 1 is 1.12 bits per heavy atom. The summed E-state index contributed by atoms with van der Waals surface area (Å²) in [5, 5.41) is 12.0. The minimum atomic E-state index is -1.03. The first-order valence-corrected chi connectivity index (χ1v) is 7.86. The molecule has 0 aliphatic rings. The Labute approximate surface area is 143 Å². The van der Waals surface area contributed by atoms with E-state index >= 15 is 0 Å². The quantitative estimate of drug-likeness (QED) is 0.780. The number of aliphatic hydroxyl groups is 1. The predicted molar refractivity (Wildman–Crippen MR) is 90.3 cm³/mol. The van der Waals surface area contributed by atoms with E-state index in [1.807, 2.05) is 30.3 Å². The van der Waals surface area contributed by atoms with Crippen molar-refractivity contribution in [2.75, 3.05) is 6.61 Å². The van der Waals surface area contributed by atoms with Gasteiger partial charge >= 0.3 is 12.1 Å². The first-order valence-electron chi connectivity index (χ1n) is 7.86. The fourth-order valence-electron chi connectivity index (χ4n) is 1.90. The molecule has 0 bridgehead atoms. The summed E-state index contributed by atoms with van der Waals surface area (Å²) in [6.07, 6.45) is -0.731. The SMILES string of the molecule is CC(C)(C)OC(=O)NC(C(=O)OCc1ccccc1)C(C)(C)CO. The van der Waals surface area contributed by atoms with E-state index in [1.54, 1.807) is 34.6 Å². The average Bonchev–Trinajstić information content (AvgIpc) is 2.49. The van der Waals surface area contributed by atoms with Crippen LogP contribution in [0.4, 0.5) is 4.79 Å². The third-order valence-electron chi connectivity index (χ3n) is 3.31. The minimum absolute atomic E-state index is 0.0910. The van der Waals surface area contributed by atoms with Gasteiger partial charge in [0, 0.05) is 5.41 Å². The van der Waals surface area contributed by atoms with Crippen LogP contribution in [0.1, 0.15) is 40.2 Å². The second kappa shape index (κ2) is 8.15. The summed E-state index contributed by atoms with van der Waals surface area (Å²) >= 11 is 0. The maximum absolute atomic E-state index is 12.4. The largest absolute Gasteiger partial charge is 0.459 e. The Bertz CT molecular complexity index is 548. The van der Waals surface area contributed by atoms with Gasteiger partial charge in [-0.25, -0.2) is 9.59 Å². The van der Waals surface area contributed by atoms with Gasteiger partial charge in [-0.2, -0.15) is 0 Å². The van der Waals surface area contributed by atoms with Gasteiger partial charge in [-0.3, -0.25) is 0 Å². The van der Waals surface area contributed by atoms with E-state index in [0.717, 1.165) is 5.56 Å². The van der Waals surface area contributed by atoms with Crippen molar-refractivity contribution < 1.29 is 24.2 Å². The van der Waals surface area contributed by atoms with Gasteiger partial charge in [0.15, 0.2) is 0 Å². The van der Waals surface area contributed by atoms with E-state index in [0.29, 0.717) is 0 Å². The molecule has 1 aromatic rings. The first kappa shape index (κ1) is 20.0. The van der Waals surface area contributed by atoms with Crippen LogP contribution in [0.15, 0.2) is 30.3 Å². The number of esters is 1. The second-order valence-corrected chi connectivity index (χ2v) is 7.32. The third-order valence-corrected chi connectivity index (χ3v) is 3.31. The van der Waals surface area contributed by atoms with Gasteiger partial charge in [-0.05, 0) is 26.3 Å². The number of carbonyl (C=O) groups is 2. The molecule has 0 saturated carbocycles. The Kier molecular flexibility index (Phi) is 6.78. The normalized spacial score (nSPS) is 13.1. The highest BCUT2D eigenvalue weighted by Crippen LogP contribution is 2.22. The molecule has 2 N–H and O–H groups in total. The van der Waals surface area contributed by atoms with Crippen molar-refractivity contribution in [1.82, 2.24) is 5.32 Å². The first-order chi connectivity index (χ1) is 11.0. The smallest absolute Gasteiger partial charge is 0.408 e. The zero-order valence-corrected chi connectivity index (χ0v) is 15.0. The van der Waals surface area contributed by atoms with E-state index < -0.39 is 29.1 Å². The summed E-state index contributed by atoms with van der Waals surface area (Å²) in [7, 11) is 0. The van der Waals surface area contributed by atoms with Crippen LogP contribution in [-0.2, 0) is 20.9 Å². The Morgan fingerprint density at radius 3 is 2.21 bits per heavy atom. The van der Waals surface area contributed by atoms with Gasteiger partial charge in [0.1, 0.15) is 18.2 Å². The molecule has 0 radical (unpaired) electrons. The highest BCUT2D eigenvalue weighted by molar-refractivity contribution is 5.82. The summed E-state index contributed by atoms with van der Waals surface area (Å²) in [5.74, 6) is -0.622. The molecule has 0 aromatic heterocycles. The van der Waals surface area contributed by atoms with Gasteiger partial charge in [-0.1, -0.05) is 44.2 Å². The second-order valence-electron chi connectivity index (χ2n) is 7.32. The molecule has 0 heterocycles. The van der Waals surface area contributed by atoms with Crippen molar-refractivity contribution in [3.63, 3.8) is 0 Å². The maximum atomic E-state index is 12.4. The number of carbonyl (C=O) groups excluding carboxylic acids is 2. The Balaban J connectivity index is 2.78. The van der Waals surface area contributed by atoms with Crippen molar-refractivity contribution in [3.05, 3.63) is 35.9 Å². The molecule has 6 nitrogen and oxygen atoms in total. The van der Waals surface area contributed by atoms with E-state index in [2.05, 4.69) is 5.32 Å². The maximum Gasteiger partial charge on any atom is 0.408 e. The monoisotopic (exact) mass is 337 g/mol. The lowest BCUT2D eigenvalue weighted by atomic mass is 9.85. The Morgan fingerprint density at radius 2 is 1.71 bits per heavy atom.